The number of thioether (sulfide) groups is 1. The van der Waals surface area contributed by atoms with Crippen LogP contribution < -0.4 is 9.70 Å². The Kier molecular flexibility index (Phi) is 6.15. The highest BCUT2D eigenvalue weighted by Crippen LogP contribution is 2.23. The minimum atomic E-state index is -0.417. The number of anilines is 1. The first kappa shape index (κ1) is 20.1. The zero-order chi connectivity index (χ0) is 20.3. The van der Waals surface area contributed by atoms with Gasteiger partial charge in [0.15, 0.2) is 4.80 Å². The molecule has 1 heterocycles. The SMILES string of the molecule is CSCCn1c(=NC(=O)c2ccc(N(C)C)cc2)sc2cc([N+](=O)[O-])ccc21. The Bertz CT molecular complexity index is 1080. The molecule has 3 aromatic rings. The zero-order valence-electron chi connectivity index (χ0n) is 15.8. The third-order valence-corrected chi connectivity index (χ3v) is 5.86. The van der Waals surface area contributed by atoms with E-state index in [-0.39, 0.29) is 11.6 Å². The summed E-state index contributed by atoms with van der Waals surface area (Å²) in [6, 6.07) is 12.0. The van der Waals surface area contributed by atoms with Gasteiger partial charge in [0.25, 0.3) is 11.6 Å². The smallest absolute Gasteiger partial charge is 0.279 e. The lowest BCUT2D eigenvalue weighted by Crippen LogP contribution is -2.18. The Morgan fingerprint density at radius 1 is 1.25 bits per heavy atom. The van der Waals surface area contributed by atoms with Crippen LogP contribution in [0.25, 0.3) is 10.2 Å². The molecule has 146 valence electrons. The van der Waals surface area contributed by atoms with E-state index in [2.05, 4.69) is 4.99 Å². The molecule has 0 aliphatic rings. The normalized spacial score (nSPS) is 11.8. The number of carbonyl (C=O) groups excluding carboxylic acids is 1. The van der Waals surface area contributed by atoms with E-state index < -0.39 is 4.92 Å². The summed E-state index contributed by atoms with van der Waals surface area (Å²) in [5, 5.41) is 11.1. The summed E-state index contributed by atoms with van der Waals surface area (Å²) >= 11 is 2.98. The van der Waals surface area contributed by atoms with Crippen molar-refractivity contribution in [3.63, 3.8) is 0 Å². The second kappa shape index (κ2) is 8.57. The topological polar surface area (TPSA) is 80.7 Å². The second-order valence-electron chi connectivity index (χ2n) is 6.30. The minimum Gasteiger partial charge on any atom is -0.378 e. The molecule has 28 heavy (non-hydrogen) atoms. The molecule has 7 nitrogen and oxygen atoms in total. The van der Waals surface area contributed by atoms with Crippen LogP contribution in [0.15, 0.2) is 47.5 Å². The lowest BCUT2D eigenvalue weighted by atomic mass is 10.2. The maximum atomic E-state index is 12.7. The largest absolute Gasteiger partial charge is 0.378 e. The molecular formula is C19H20N4O3S2. The van der Waals surface area contributed by atoms with Gasteiger partial charge in [-0.15, -0.1) is 0 Å². The van der Waals surface area contributed by atoms with Crippen LogP contribution in [-0.4, -0.2) is 41.5 Å². The summed E-state index contributed by atoms with van der Waals surface area (Å²) in [4.78, 5) is 30.1. The summed E-state index contributed by atoms with van der Waals surface area (Å²) in [5.41, 5.74) is 2.38. The monoisotopic (exact) mass is 416 g/mol. The van der Waals surface area contributed by atoms with Crippen LogP contribution in [0.5, 0.6) is 0 Å². The fraction of sp³-hybridized carbons (Fsp3) is 0.263. The Balaban J connectivity index is 2.06. The second-order valence-corrected chi connectivity index (χ2v) is 8.29. The Hall–Kier alpha value is -2.65. The zero-order valence-corrected chi connectivity index (χ0v) is 17.4. The molecule has 3 rings (SSSR count). The molecule has 0 N–H and O–H groups in total. The van der Waals surface area contributed by atoms with Crippen molar-refractivity contribution in [2.75, 3.05) is 31.0 Å². The molecule has 0 fully saturated rings. The maximum Gasteiger partial charge on any atom is 0.279 e. The molecule has 0 unspecified atom stereocenters. The van der Waals surface area contributed by atoms with Gasteiger partial charge >= 0.3 is 0 Å². The predicted molar refractivity (Wildman–Crippen MR) is 116 cm³/mol. The maximum absolute atomic E-state index is 12.7. The van der Waals surface area contributed by atoms with Gasteiger partial charge in [-0.25, -0.2) is 0 Å². The fourth-order valence-corrected chi connectivity index (χ4v) is 4.17. The van der Waals surface area contributed by atoms with Crippen molar-refractivity contribution in [1.29, 1.82) is 0 Å². The lowest BCUT2D eigenvalue weighted by Gasteiger charge is -2.11. The highest BCUT2D eigenvalue weighted by atomic mass is 32.2. The highest BCUT2D eigenvalue weighted by Gasteiger charge is 2.13. The van der Waals surface area contributed by atoms with Gasteiger partial charge in [-0.2, -0.15) is 16.8 Å². The first-order valence-corrected chi connectivity index (χ1v) is 10.7. The first-order chi connectivity index (χ1) is 13.4. The Morgan fingerprint density at radius 2 is 1.96 bits per heavy atom. The molecule has 0 radical (unpaired) electrons. The number of non-ortho nitro benzene ring substituents is 1. The van der Waals surface area contributed by atoms with Crippen LogP contribution in [0.3, 0.4) is 0 Å². The van der Waals surface area contributed by atoms with Crippen LogP contribution in [0.1, 0.15) is 10.4 Å². The molecular weight excluding hydrogens is 396 g/mol. The van der Waals surface area contributed by atoms with E-state index in [1.54, 1.807) is 30.0 Å². The highest BCUT2D eigenvalue weighted by molar-refractivity contribution is 7.98. The van der Waals surface area contributed by atoms with E-state index in [1.165, 1.54) is 23.5 Å². The number of nitrogens with zero attached hydrogens (tertiary/aromatic N) is 4. The van der Waals surface area contributed by atoms with Gasteiger partial charge in [-0.3, -0.25) is 14.9 Å². The van der Waals surface area contributed by atoms with Crippen LogP contribution in [0.4, 0.5) is 11.4 Å². The van der Waals surface area contributed by atoms with Gasteiger partial charge in [0.05, 0.1) is 15.1 Å². The summed E-state index contributed by atoms with van der Waals surface area (Å²) < 4.78 is 2.69. The van der Waals surface area contributed by atoms with Gasteiger partial charge in [-0.1, -0.05) is 11.3 Å². The van der Waals surface area contributed by atoms with E-state index in [4.69, 9.17) is 0 Å². The quantitative estimate of drug-likeness (QED) is 0.451. The van der Waals surface area contributed by atoms with E-state index in [1.807, 2.05) is 42.0 Å². The van der Waals surface area contributed by atoms with Crippen molar-refractivity contribution in [1.82, 2.24) is 4.57 Å². The molecule has 0 bridgehead atoms. The summed E-state index contributed by atoms with van der Waals surface area (Å²) in [5.74, 6) is 0.520. The third kappa shape index (κ3) is 4.26. The van der Waals surface area contributed by atoms with Crippen LogP contribution in [0.2, 0.25) is 0 Å². The lowest BCUT2D eigenvalue weighted by molar-refractivity contribution is -0.384. The van der Waals surface area contributed by atoms with E-state index in [0.717, 1.165) is 21.7 Å². The number of carbonyl (C=O) groups is 1. The van der Waals surface area contributed by atoms with Crippen molar-refractivity contribution >= 4 is 50.6 Å². The molecule has 0 saturated heterocycles. The number of nitro benzene ring substituents is 1. The number of thiazole rings is 1. The molecule has 0 spiro atoms. The van der Waals surface area contributed by atoms with Crippen molar-refractivity contribution in [3.05, 3.63) is 62.9 Å². The standard InChI is InChI=1S/C19H20N4O3S2/c1-21(2)14-6-4-13(5-7-14)18(24)20-19-22(10-11-27-3)16-9-8-15(23(25)26)12-17(16)28-19/h4-9,12H,10-11H2,1-3H3. The molecule has 0 atom stereocenters. The molecule has 1 aromatic heterocycles. The van der Waals surface area contributed by atoms with E-state index >= 15 is 0 Å². The van der Waals surface area contributed by atoms with Crippen molar-refractivity contribution in [3.8, 4) is 0 Å². The van der Waals surface area contributed by atoms with Gasteiger partial charge in [0, 0.05) is 49.8 Å². The number of fused-ring (bicyclic) bond motifs is 1. The summed E-state index contributed by atoms with van der Waals surface area (Å²) in [6.07, 6.45) is 2.01. The minimum absolute atomic E-state index is 0.0305. The van der Waals surface area contributed by atoms with Crippen molar-refractivity contribution in [2.45, 2.75) is 6.54 Å². The number of benzene rings is 2. The fourth-order valence-electron chi connectivity index (χ4n) is 2.71. The molecule has 9 heteroatoms. The third-order valence-electron chi connectivity index (χ3n) is 4.22. The van der Waals surface area contributed by atoms with Gasteiger partial charge < -0.3 is 9.47 Å². The van der Waals surface area contributed by atoms with E-state index in [0.29, 0.717) is 16.9 Å². The molecule has 0 aliphatic carbocycles. The molecule has 0 saturated carbocycles. The molecule has 0 aliphatic heterocycles. The molecule has 1 amide bonds. The average molecular weight is 417 g/mol. The summed E-state index contributed by atoms with van der Waals surface area (Å²) in [7, 11) is 3.87. The van der Waals surface area contributed by atoms with Crippen molar-refractivity contribution < 1.29 is 9.72 Å². The number of rotatable bonds is 6. The van der Waals surface area contributed by atoms with Crippen molar-refractivity contribution in [2.24, 2.45) is 4.99 Å². The summed E-state index contributed by atoms with van der Waals surface area (Å²) in [6.45, 7) is 0.671. The Labute approximate surface area is 170 Å². The van der Waals surface area contributed by atoms with Gasteiger partial charge in [0.1, 0.15) is 0 Å². The number of hydrogen-bond acceptors (Lipinski definition) is 6. The molecule has 2 aromatic carbocycles. The Morgan fingerprint density at radius 3 is 2.57 bits per heavy atom. The first-order valence-electron chi connectivity index (χ1n) is 8.54. The number of hydrogen-bond donors (Lipinski definition) is 0. The van der Waals surface area contributed by atoms with Crippen LogP contribution >= 0.6 is 23.1 Å². The van der Waals surface area contributed by atoms with Crippen LogP contribution in [-0.2, 0) is 6.54 Å². The van der Waals surface area contributed by atoms with E-state index in [9.17, 15) is 14.9 Å². The van der Waals surface area contributed by atoms with Gasteiger partial charge in [-0.05, 0) is 36.6 Å². The number of amides is 1. The number of aromatic nitrogens is 1. The number of nitro groups is 1. The van der Waals surface area contributed by atoms with Gasteiger partial charge in [0.2, 0.25) is 0 Å². The van der Waals surface area contributed by atoms with Crippen LogP contribution in [0, 0.1) is 10.1 Å². The average Bonchev–Trinajstić information content (AvgIpc) is 3.02. The number of aryl methyl sites for hydroxylation is 1. The predicted octanol–water partition coefficient (Wildman–Crippen LogP) is 3.78.